The first-order valence-corrected chi connectivity index (χ1v) is 9.16. The number of rotatable bonds is 6. The number of hydrogen-bond donors (Lipinski definition) is 3. The Labute approximate surface area is 163 Å². The van der Waals surface area contributed by atoms with Crippen LogP contribution in [0, 0.1) is 5.41 Å². The summed E-state index contributed by atoms with van der Waals surface area (Å²) in [6.07, 6.45) is 2.55. The topological polar surface area (TPSA) is 111 Å². The van der Waals surface area contributed by atoms with Crippen molar-refractivity contribution in [2.75, 3.05) is 18.4 Å². The van der Waals surface area contributed by atoms with E-state index in [0.717, 1.165) is 18.5 Å². The van der Waals surface area contributed by atoms with Crippen LogP contribution < -0.4 is 10.6 Å². The van der Waals surface area contributed by atoms with E-state index in [9.17, 15) is 9.59 Å². The van der Waals surface area contributed by atoms with Crippen molar-refractivity contribution in [2.45, 2.75) is 26.2 Å². The fourth-order valence-electron chi connectivity index (χ4n) is 2.90. The Morgan fingerprint density at radius 3 is 2.86 bits per heavy atom. The average molecular weight is 381 g/mol. The summed E-state index contributed by atoms with van der Waals surface area (Å²) in [4.78, 5) is 26.3. The predicted molar refractivity (Wildman–Crippen MR) is 106 cm³/mol. The summed E-state index contributed by atoms with van der Waals surface area (Å²) in [5, 5.41) is 17.3. The standard InChI is InChI=1S/C20H23N5O3/c1-14(21)12-17-22-10-5-11-25(17)20(27)9-8-18(26)23-19-13-16(24-28-19)15-6-3-2-4-7-15/h2-4,6-7,12-13,21-22H,5,8-11H2,1H3,(H,23,26)/b17-12+,21-14?. The van der Waals surface area contributed by atoms with Crippen molar-refractivity contribution in [2.24, 2.45) is 0 Å². The molecule has 1 fully saturated rings. The number of amides is 2. The van der Waals surface area contributed by atoms with E-state index in [1.165, 1.54) is 0 Å². The van der Waals surface area contributed by atoms with Crippen LogP contribution in [0.2, 0.25) is 0 Å². The summed E-state index contributed by atoms with van der Waals surface area (Å²) in [6.45, 7) is 2.99. The highest BCUT2D eigenvalue weighted by molar-refractivity contribution is 5.94. The minimum atomic E-state index is -0.317. The number of anilines is 1. The zero-order chi connectivity index (χ0) is 19.9. The van der Waals surface area contributed by atoms with E-state index >= 15 is 0 Å². The third-order valence-electron chi connectivity index (χ3n) is 4.22. The van der Waals surface area contributed by atoms with Gasteiger partial charge in [0.25, 0.3) is 0 Å². The molecule has 0 atom stereocenters. The molecule has 3 rings (SSSR count). The van der Waals surface area contributed by atoms with Crippen molar-refractivity contribution in [3.8, 4) is 11.3 Å². The normalized spacial score (nSPS) is 15.2. The van der Waals surface area contributed by atoms with Crippen LogP contribution in [-0.4, -0.2) is 40.7 Å². The Morgan fingerprint density at radius 1 is 1.32 bits per heavy atom. The highest BCUT2D eigenvalue weighted by Gasteiger charge is 2.22. The highest BCUT2D eigenvalue weighted by Crippen LogP contribution is 2.21. The minimum absolute atomic E-state index is 0.0353. The first kappa shape index (κ1) is 19.3. The van der Waals surface area contributed by atoms with Gasteiger partial charge in [0, 0.05) is 43.3 Å². The fraction of sp³-hybridized carbons (Fsp3) is 0.300. The lowest BCUT2D eigenvalue weighted by Crippen LogP contribution is -2.43. The maximum atomic E-state index is 12.5. The summed E-state index contributed by atoms with van der Waals surface area (Å²) in [5.74, 6) is 0.392. The van der Waals surface area contributed by atoms with Gasteiger partial charge in [-0.15, -0.1) is 0 Å². The van der Waals surface area contributed by atoms with Gasteiger partial charge in [-0.2, -0.15) is 0 Å². The van der Waals surface area contributed by atoms with Crippen molar-refractivity contribution < 1.29 is 14.1 Å². The summed E-state index contributed by atoms with van der Waals surface area (Å²) in [7, 11) is 0. The van der Waals surface area contributed by atoms with Gasteiger partial charge >= 0.3 is 0 Å². The van der Waals surface area contributed by atoms with Gasteiger partial charge in [0.1, 0.15) is 11.5 Å². The molecule has 1 aliphatic heterocycles. The number of nitrogens with one attached hydrogen (secondary N) is 3. The van der Waals surface area contributed by atoms with Crippen LogP contribution >= 0.6 is 0 Å². The molecule has 0 saturated carbocycles. The van der Waals surface area contributed by atoms with Crippen molar-refractivity contribution in [3.05, 3.63) is 48.3 Å². The first-order chi connectivity index (χ1) is 13.5. The van der Waals surface area contributed by atoms with Crippen LogP contribution in [0.15, 0.2) is 52.8 Å². The van der Waals surface area contributed by atoms with Gasteiger partial charge < -0.3 is 15.2 Å². The SMILES string of the molecule is CC(=N)/C=C1\NCCCN1C(=O)CCC(=O)Nc1cc(-c2ccccc2)no1. The molecule has 0 radical (unpaired) electrons. The molecule has 0 unspecified atom stereocenters. The smallest absolute Gasteiger partial charge is 0.231 e. The molecular weight excluding hydrogens is 358 g/mol. The second kappa shape index (κ2) is 8.98. The molecule has 2 amide bonds. The predicted octanol–water partition coefficient (Wildman–Crippen LogP) is 2.76. The minimum Gasteiger partial charge on any atom is -0.371 e. The van der Waals surface area contributed by atoms with Crippen LogP contribution in [0.5, 0.6) is 0 Å². The second-order valence-corrected chi connectivity index (χ2v) is 6.53. The molecule has 8 heteroatoms. The van der Waals surface area contributed by atoms with E-state index in [1.807, 2.05) is 30.3 Å². The quantitative estimate of drug-likeness (QED) is 0.666. The molecule has 146 valence electrons. The van der Waals surface area contributed by atoms with Crippen molar-refractivity contribution >= 4 is 23.4 Å². The van der Waals surface area contributed by atoms with E-state index in [4.69, 9.17) is 9.93 Å². The van der Waals surface area contributed by atoms with Crippen molar-refractivity contribution in [1.29, 1.82) is 5.41 Å². The average Bonchev–Trinajstić information content (AvgIpc) is 3.15. The number of aromatic nitrogens is 1. The highest BCUT2D eigenvalue weighted by atomic mass is 16.5. The van der Waals surface area contributed by atoms with E-state index in [0.29, 0.717) is 23.8 Å². The van der Waals surface area contributed by atoms with Crippen LogP contribution in [0.25, 0.3) is 11.3 Å². The number of carbonyl (C=O) groups excluding carboxylic acids is 2. The lowest BCUT2D eigenvalue weighted by atomic mass is 10.1. The van der Waals surface area contributed by atoms with E-state index in [-0.39, 0.29) is 30.5 Å². The Hall–Kier alpha value is -3.42. The monoisotopic (exact) mass is 381 g/mol. The summed E-state index contributed by atoms with van der Waals surface area (Å²) >= 11 is 0. The molecule has 0 spiro atoms. The van der Waals surface area contributed by atoms with Gasteiger partial charge in [-0.3, -0.25) is 19.8 Å². The largest absolute Gasteiger partial charge is 0.371 e. The molecule has 0 aliphatic carbocycles. The Balaban J connectivity index is 1.53. The molecule has 2 aromatic rings. The zero-order valence-electron chi connectivity index (χ0n) is 15.7. The fourth-order valence-corrected chi connectivity index (χ4v) is 2.90. The molecule has 1 saturated heterocycles. The first-order valence-electron chi connectivity index (χ1n) is 9.16. The maximum Gasteiger partial charge on any atom is 0.231 e. The summed E-state index contributed by atoms with van der Waals surface area (Å²) < 4.78 is 5.15. The van der Waals surface area contributed by atoms with Gasteiger partial charge in [-0.05, 0) is 19.4 Å². The molecular formula is C20H23N5O3. The van der Waals surface area contributed by atoms with Crippen LogP contribution in [-0.2, 0) is 9.59 Å². The Morgan fingerprint density at radius 2 is 2.11 bits per heavy atom. The number of allylic oxidation sites excluding steroid dienone is 1. The van der Waals surface area contributed by atoms with Crippen molar-refractivity contribution in [1.82, 2.24) is 15.4 Å². The molecule has 8 nitrogen and oxygen atoms in total. The molecule has 3 N–H and O–H groups in total. The third-order valence-corrected chi connectivity index (χ3v) is 4.22. The summed E-state index contributed by atoms with van der Waals surface area (Å²) in [6, 6.07) is 11.1. The lowest BCUT2D eigenvalue weighted by molar-refractivity contribution is -0.131. The molecule has 2 heterocycles. The third kappa shape index (κ3) is 5.06. The van der Waals surface area contributed by atoms with E-state index in [2.05, 4.69) is 15.8 Å². The van der Waals surface area contributed by atoms with Gasteiger partial charge in [0.05, 0.1) is 0 Å². The van der Waals surface area contributed by atoms with Crippen molar-refractivity contribution in [3.63, 3.8) is 0 Å². The van der Waals surface area contributed by atoms with Gasteiger partial charge in [-0.1, -0.05) is 35.5 Å². The van der Waals surface area contributed by atoms with Crippen LogP contribution in [0.1, 0.15) is 26.2 Å². The Kier molecular flexibility index (Phi) is 6.21. The van der Waals surface area contributed by atoms with Gasteiger partial charge in [0.15, 0.2) is 0 Å². The number of carbonyl (C=O) groups is 2. The van der Waals surface area contributed by atoms with Gasteiger partial charge in [0.2, 0.25) is 17.7 Å². The molecule has 1 aliphatic rings. The number of hydrogen-bond acceptors (Lipinski definition) is 6. The maximum absolute atomic E-state index is 12.5. The second-order valence-electron chi connectivity index (χ2n) is 6.53. The van der Waals surface area contributed by atoms with Crippen LogP contribution in [0.4, 0.5) is 5.88 Å². The molecule has 0 bridgehead atoms. The summed E-state index contributed by atoms with van der Waals surface area (Å²) in [5.41, 5.74) is 1.88. The van der Waals surface area contributed by atoms with Crippen LogP contribution in [0.3, 0.4) is 0 Å². The molecule has 1 aromatic carbocycles. The van der Waals surface area contributed by atoms with Gasteiger partial charge in [-0.25, -0.2) is 0 Å². The lowest BCUT2D eigenvalue weighted by Gasteiger charge is -2.30. The zero-order valence-corrected chi connectivity index (χ0v) is 15.7. The molecule has 28 heavy (non-hydrogen) atoms. The van der Waals surface area contributed by atoms with E-state index in [1.54, 1.807) is 24.0 Å². The molecule has 1 aromatic heterocycles. The number of benzene rings is 1. The van der Waals surface area contributed by atoms with E-state index < -0.39 is 0 Å². The Bertz CT molecular complexity index is 888. The number of nitrogens with zero attached hydrogens (tertiary/aromatic N) is 2.